The molecule has 2 saturated heterocycles. The summed E-state index contributed by atoms with van der Waals surface area (Å²) in [5.74, 6) is 0.933. The highest BCUT2D eigenvalue weighted by molar-refractivity contribution is 14.0. The number of hydrogen-bond donors (Lipinski definition) is 2. The van der Waals surface area contributed by atoms with Crippen molar-refractivity contribution >= 4 is 29.9 Å². The summed E-state index contributed by atoms with van der Waals surface area (Å²) in [5.41, 5.74) is 2.93. The Morgan fingerprint density at radius 2 is 1.86 bits per heavy atom. The molecule has 2 heterocycles. The Labute approximate surface area is 194 Å². The van der Waals surface area contributed by atoms with Gasteiger partial charge < -0.3 is 20.3 Å². The number of aryl methyl sites for hydroxylation is 1. The van der Waals surface area contributed by atoms with Gasteiger partial charge in [0.1, 0.15) is 0 Å². The van der Waals surface area contributed by atoms with Crippen LogP contribution in [0.25, 0.3) is 0 Å². The van der Waals surface area contributed by atoms with Crippen molar-refractivity contribution < 1.29 is 4.74 Å². The van der Waals surface area contributed by atoms with E-state index in [1.54, 1.807) is 0 Å². The average molecular weight is 514 g/mol. The predicted molar refractivity (Wildman–Crippen MR) is 133 cm³/mol. The number of piperidine rings is 1. The highest BCUT2D eigenvalue weighted by Gasteiger charge is 2.35. The molecule has 0 aromatic heterocycles. The molecule has 29 heavy (non-hydrogen) atoms. The van der Waals surface area contributed by atoms with Gasteiger partial charge in [-0.15, -0.1) is 24.0 Å². The maximum absolute atomic E-state index is 5.69. The largest absolute Gasteiger partial charge is 0.381 e. The topological polar surface area (TPSA) is 48.9 Å². The van der Waals surface area contributed by atoms with Crippen LogP contribution in [0.3, 0.4) is 0 Å². The summed E-state index contributed by atoms with van der Waals surface area (Å²) in [6.07, 6.45) is 4.45. The summed E-state index contributed by atoms with van der Waals surface area (Å²) >= 11 is 0. The second-order valence-electron chi connectivity index (χ2n) is 8.68. The van der Waals surface area contributed by atoms with Gasteiger partial charge in [0.2, 0.25) is 0 Å². The third-order valence-corrected chi connectivity index (χ3v) is 6.58. The Bertz CT molecular complexity index is 650. The lowest BCUT2D eigenvalue weighted by molar-refractivity contribution is 0.0511. The molecule has 5 nitrogen and oxygen atoms in total. The van der Waals surface area contributed by atoms with Crippen LogP contribution in [0, 0.1) is 6.92 Å². The minimum absolute atomic E-state index is 0. The van der Waals surface area contributed by atoms with Crippen molar-refractivity contribution in [2.75, 3.05) is 39.9 Å². The van der Waals surface area contributed by atoms with Gasteiger partial charge in [0.25, 0.3) is 0 Å². The third-order valence-electron chi connectivity index (χ3n) is 6.58. The monoisotopic (exact) mass is 514 g/mol. The molecule has 0 spiro atoms. The smallest absolute Gasteiger partial charge is 0.191 e. The molecule has 164 valence electrons. The van der Waals surface area contributed by atoms with Gasteiger partial charge in [-0.1, -0.05) is 24.3 Å². The first-order valence-electron chi connectivity index (χ1n) is 10.9. The van der Waals surface area contributed by atoms with Gasteiger partial charge in [0, 0.05) is 57.4 Å². The molecule has 0 amide bonds. The summed E-state index contributed by atoms with van der Waals surface area (Å²) in [5, 5.41) is 7.33. The van der Waals surface area contributed by atoms with Crippen molar-refractivity contribution in [2.45, 2.75) is 64.0 Å². The molecule has 0 bridgehead atoms. The molecule has 0 atom stereocenters. The van der Waals surface area contributed by atoms with Crippen LogP contribution in [0.1, 0.15) is 50.7 Å². The van der Waals surface area contributed by atoms with E-state index in [-0.39, 0.29) is 29.4 Å². The molecule has 6 heteroatoms. The molecule has 3 rings (SSSR count). The molecule has 0 aliphatic carbocycles. The van der Waals surface area contributed by atoms with Crippen molar-refractivity contribution in [3.63, 3.8) is 0 Å². The second kappa shape index (κ2) is 11.5. The fourth-order valence-electron chi connectivity index (χ4n) is 4.67. The minimum Gasteiger partial charge on any atom is -0.381 e. The van der Waals surface area contributed by atoms with E-state index in [4.69, 9.17) is 4.74 Å². The number of guanidine groups is 1. The molecule has 2 aliphatic rings. The van der Waals surface area contributed by atoms with Crippen molar-refractivity contribution in [3.8, 4) is 0 Å². The van der Waals surface area contributed by atoms with E-state index in [0.29, 0.717) is 12.1 Å². The maximum atomic E-state index is 5.69. The van der Waals surface area contributed by atoms with Crippen LogP contribution in [-0.4, -0.2) is 62.8 Å². The van der Waals surface area contributed by atoms with Gasteiger partial charge in [-0.05, 0) is 57.6 Å². The van der Waals surface area contributed by atoms with Crippen LogP contribution < -0.4 is 10.6 Å². The summed E-state index contributed by atoms with van der Waals surface area (Å²) in [6, 6.07) is 9.95. The van der Waals surface area contributed by atoms with E-state index >= 15 is 0 Å². The van der Waals surface area contributed by atoms with Crippen LogP contribution in [-0.2, 0) is 10.2 Å². The second-order valence-corrected chi connectivity index (χ2v) is 8.68. The molecule has 0 saturated carbocycles. The Balaban J connectivity index is 0.00000300. The standard InChI is InChI=1S/C23H38N4O.HI/c1-18(2)27-13-9-20(10-14-27)26-22(24-4)25-17-23(11-15-28-16-12-23)21-8-6-5-7-19(21)3;/h5-8,18,20H,9-17H2,1-4H3,(H2,24,25,26);1H. The maximum Gasteiger partial charge on any atom is 0.191 e. The van der Waals surface area contributed by atoms with E-state index < -0.39 is 0 Å². The van der Waals surface area contributed by atoms with E-state index in [1.807, 2.05) is 7.05 Å². The lowest BCUT2D eigenvalue weighted by Gasteiger charge is -2.40. The Morgan fingerprint density at radius 3 is 2.45 bits per heavy atom. The van der Waals surface area contributed by atoms with Crippen LogP contribution in [0.2, 0.25) is 0 Å². The molecule has 0 radical (unpaired) electrons. The van der Waals surface area contributed by atoms with Gasteiger partial charge in [-0.2, -0.15) is 0 Å². The molecule has 2 aliphatic heterocycles. The molecule has 1 aromatic rings. The van der Waals surface area contributed by atoms with Gasteiger partial charge in [-0.25, -0.2) is 0 Å². The molecule has 2 N–H and O–H groups in total. The number of rotatable bonds is 5. The van der Waals surface area contributed by atoms with Gasteiger partial charge in [0.15, 0.2) is 5.96 Å². The van der Waals surface area contributed by atoms with Crippen molar-refractivity contribution in [2.24, 2.45) is 4.99 Å². The number of benzene rings is 1. The average Bonchev–Trinajstić information content (AvgIpc) is 2.72. The zero-order valence-electron chi connectivity index (χ0n) is 18.5. The first-order valence-corrected chi connectivity index (χ1v) is 10.9. The number of likely N-dealkylation sites (tertiary alicyclic amines) is 1. The summed E-state index contributed by atoms with van der Waals surface area (Å²) in [4.78, 5) is 7.08. The quantitative estimate of drug-likeness (QED) is 0.358. The van der Waals surface area contributed by atoms with E-state index in [0.717, 1.165) is 51.6 Å². The third kappa shape index (κ3) is 6.31. The van der Waals surface area contributed by atoms with Gasteiger partial charge in [-0.3, -0.25) is 4.99 Å². The van der Waals surface area contributed by atoms with Crippen LogP contribution in [0.5, 0.6) is 0 Å². The SMILES string of the molecule is CN=C(NCC1(c2ccccc2C)CCOCC1)NC1CCN(C(C)C)CC1.I. The lowest BCUT2D eigenvalue weighted by atomic mass is 9.72. The van der Waals surface area contributed by atoms with Crippen molar-refractivity contribution in [3.05, 3.63) is 35.4 Å². The first kappa shape index (κ1) is 24.4. The first-order chi connectivity index (χ1) is 13.5. The molecular formula is C23H39IN4O. The van der Waals surface area contributed by atoms with E-state index in [1.165, 1.54) is 24.0 Å². The number of hydrogen-bond acceptors (Lipinski definition) is 3. The van der Waals surface area contributed by atoms with Crippen LogP contribution in [0.4, 0.5) is 0 Å². The van der Waals surface area contributed by atoms with Crippen LogP contribution in [0.15, 0.2) is 29.3 Å². The summed E-state index contributed by atoms with van der Waals surface area (Å²) in [6.45, 7) is 11.7. The Morgan fingerprint density at radius 1 is 1.21 bits per heavy atom. The lowest BCUT2D eigenvalue weighted by Crippen LogP contribution is -2.52. The fourth-order valence-corrected chi connectivity index (χ4v) is 4.67. The highest BCUT2D eigenvalue weighted by Crippen LogP contribution is 2.36. The fraction of sp³-hybridized carbons (Fsp3) is 0.696. The molecular weight excluding hydrogens is 475 g/mol. The van der Waals surface area contributed by atoms with Crippen LogP contribution >= 0.6 is 24.0 Å². The van der Waals surface area contributed by atoms with E-state index in [9.17, 15) is 0 Å². The number of halogens is 1. The zero-order chi connectivity index (χ0) is 20.0. The summed E-state index contributed by atoms with van der Waals surface area (Å²) < 4.78 is 5.69. The number of aliphatic imine (C=N–C) groups is 1. The van der Waals surface area contributed by atoms with Crippen molar-refractivity contribution in [1.82, 2.24) is 15.5 Å². The number of nitrogens with zero attached hydrogens (tertiary/aromatic N) is 2. The van der Waals surface area contributed by atoms with Crippen molar-refractivity contribution in [1.29, 1.82) is 0 Å². The minimum atomic E-state index is 0. The normalized spacial score (nSPS) is 20.9. The van der Waals surface area contributed by atoms with E-state index in [2.05, 4.69) is 65.6 Å². The molecule has 2 fully saturated rings. The van der Waals surface area contributed by atoms with Gasteiger partial charge in [0.05, 0.1) is 0 Å². The molecule has 1 aromatic carbocycles. The highest BCUT2D eigenvalue weighted by atomic mass is 127. The predicted octanol–water partition coefficient (Wildman–Crippen LogP) is 3.70. The number of nitrogens with one attached hydrogen (secondary N) is 2. The number of ether oxygens (including phenoxy) is 1. The van der Waals surface area contributed by atoms with Gasteiger partial charge >= 0.3 is 0 Å². The summed E-state index contributed by atoms with van der Waals surface area (Å²) in [7, 11) is 1.88. The molecule has 0 unspecified atom stereocenters. The Hall–Kier alpha value is -0.860. The zero-order valence-corrected chi connectivity index (χ0v) is 20.9. The Kier molecular flexibility index (Phi) is 9.69.